The fourth-order valence-corrected chi connectivity index (χ4v) is 2.16. The minimum absolute atomic E-state index is 0.165. The summed E-state index contributed by atoms with van der Waals surface area (Å²) < 4.78 is 46.2. The third kappa shape index (κ3) is 6.83. The molecule has 2 amide bonds. The van der Waals surface area contributed by atoms with Crippen molar-refractivity contribution in [2.45, 2.75) is 19.6 Å². The molecule has 0 radical (unpaired) electrons. The molecule has 0 heterocycles. The lowest BCUT2D eigenvalue weighted by Crippen LogP contribution is -2.36. The fraction of sp³-hybridized carbons (Fsp3) is 0.211. The van der Waals surface area contributed by atoms with E-state index in [1.807, 2.05) is 0 Å². The average molecular weight is 410 g/mol. The van der Waals surface area contributed by atoms with Gasteiger partial charge in [-0.3, -0.25) is 9.59 Å². The predicted octanol–water partition coefficient (Wildman–Crippen LogP) is 3.65. The van der Waals surface area contributed by atoms with Crippen LogP contribution in [0.15, 0.2) is 48.5 Å². The molecular formula is C19H17F3N2O5. The zero-order chi connectivity index (χ0) is 21.4. The van der Waals surface area contributed by atoms with Crippen LogP contribution in [0.5, 0.6) is 5.75 Å². The quantitative estimate of drug-likeness (QED) is 0.560. The molecule has 0 aliphatic heterocycles. The van der Waals surface area contributed by atoms with E-state index in [2.05, 4.69) is 10.1 Å². The Morgan fingerprint density at radius 2 is 1.72 bits per heavy atom. The highest BCUT2D eigenvalue weighted by Gasteiger charge is 2.38. The number of amides is 2. The summed E-state index contributed by atoms with van der Waals surface area (Å²) in [7, 11) is 0. The second-order valence-corrected chi connectivity index (χ2v) is 5.64. The molecule has 2 rings (SSSR count). The Kier molecular flexibility index (Phi) is 7.18. The SMILES string of the molecule is CCOC(=O)Oc1ccc(C(=O)Nc2cccc(CNC(=O)C(F)(F)F)c2)cc1. The molecule has 2 N–H and O–H groups in total. The maximum atomic E-state index is 12.3. The van der Waals surface area contributed by atoms with Crippen molar-refractivity contribution in [2.24, 2.45) is 0 Å². The molecule has 29 heavy (non-hydrogen) atoms. The van der Waals surface area contributed by atoms with Gasteiger partial charge >= 0.3 is 18.2 Å². The zero-order valence-corrected chi connectivity index (χ0v) is 15.2. The lowest BCUT2D eigenvalue weighted by Gasteiger charge is -2.10. The van der Waals surface area contributed by atoms with E-state index in [0.29, 0.717) is 11.3 Å². The number of benzene rings is 2. The Morgan fingerprint density at radius 3 is 2.34 bits per heavy atom. The van der Waals surface area contributed by atoms with Crippen molar-refractivity contribution in [3.05, 3.63) is 59.7 Å². The summed E-state index contributed by atoms with van der Waals surface area (Å²) >= 11 is 0. The third-order valence-electron chi connectivity index (χ3n) is 3.48. The first kappa shape index (κ1) is 21.7. The van der Waals surface area contributed by atoms with E-state index < -0.39 is 24.1 Å². The molecule has 0 unspecified atom stereocenters. The minimum atomic E-state index is -4.96. The van der Waals surface area contributed by atoms with Crippen molar-refractivity contribution in [3.8, 4) is 5.75 Å². The van der Waals surface area contributed by atoms with Crippen LogP contribution in [0.3, 0.4) is 0 Å². The predicted molar refractivity (Wildman–Crippen MR) is 96.4 cm³/mol. The lowest BCUT2D eigenvalue weighted by molar-refractivity contribution is -0.173. The number of nitrogens with one attached hydrogen (secondary N) is 2. The molecule has 0 spiro atoms. The third-order valence-corrected chi connectivity index (χ3v) is 3.48. The van der Waals surface area contributed by atoms with Gasteiger partial charge in [0.05, 0.1) is 6.61 Å². The van der Waals surface area contributed by atoms with Crippen LogP contribution in [0.2, 0.25) is 0 Å². The van der Waals surface area contributed by atoms with Gasteiger partial charge in [0, 0.05) is 17.8 Å². The lowest BCUT2D eigenvalue weighted by atomic mass is 10.1. The smallest absolute Gasteiger partial charge is 0.434 e. The van der Waals surface area contributed by atoms with Crippen LogP contribution < -0.4 is 15.4 Å². The van der Waals surface area contributed by atoms with Gasteiger partial charge in [0.25, 0.3) is 5.91 Å². The van der Waals surface area contributed by atoms with Gasteiger partial charge in [-0.2, -0.15) is 13.2 Å². The number of halogens is 3. The number of ether oxygens (including phenoxy) is 2. The number of alkyl halides is 3. The van der Waals surface area contributed by atoms with E-state index in [9.17, 15) is 27.6 Å². The number of hydrogen-bond donors (Lipinski definition) is 2. The Balaban J connectivity index is 1.96. The summed E-state index contributed by atoms with van der Waals surface area (Å²) in [5.74, 6) is -2.33. The van der Waals surface area contributed by atoms with Crippen LogP contribution in [0, 0.1) is 0 Å². The van der Waals surface area contributed by atoms with Gasteiger partial charge in [-0.05, 0) is 48.9 Å². The van der Waals surface area contributed by atoms with Crippen molar-refractivity contribution in [1.82, 2.24) is 5.32 Å². The molecule has 0 saturated carbocycles. The minimum Gasteiger partial charge on any atom is -0.434 e. The number of hydrogen-bond acceptors (Lipinski definition) is 5. The molecule has 0 aliphatic rings. The van der Waals surface area contributed by atoms with Crippen LogP contribution in [0.1, 0.15) is 22.8 Å². The van der Waals surface area contributed by atoms with E-state index in [4.69, 9.17) is 4.74 Å². The average Bonchev–Trinajstić information content (AvgIpc) is 2.66. The Hall–Kier alpha value is -3.56. The van der Waals surface area contributed by atoms with E-state index in [-0.39, 0.29) is 24.5 Å². The van der Waals surface area contributed by atoms with Gasteiger partial charge in [0.15, 0.2) is 0 Å². The van der Waals surface area contributed by atoms with Crippen molar-refractivity contribution in [2.75, 3.05) is 11.9 Å². The second kappa shape index (κ2) is 9.58. The van der Waals surface area contributed by atoms with Crippen LogP contribution in [-0.2, 0) is 16.1 Å². The van der Waals surface area contributed by atoms with Gasteiger partial charge in [-0.1, -0.05) is 12.1 Å². The van der Waals surface area contributed by atoms with Crippen LogP contribution >= 0.6 is 0 Å². The molecule has 10 heteroatoms. The van der Waals surface area contributed by atoms with Gasteiger partial charge < -0.3 is 20.1 Å². The number of rotatable bonds is 6. The fourth-order valence-electron chi connectivity index (χ4n) is 2.16. The molecule has 7 nitrogen and oxygen atoms in total. The highest BCUT2D eigenvalue weighted by Crippen LogP contribution is 2.17. The first-order valence-electron chi connectivity index (χ1n) is 8.39. The van der Waals surface area contributed by atoms with Crippen molar-refractivity contribution in [1.29, 1.82) is 0 Å². The summed E-state index contributed by atoms with van der Waals surface area (Å²) in [5.41, 5.74) is 0.969. The molecule has 0 aromatic heterocycles. The normalized spacial score (nSPS) is 10.8. The molecule has 0 bridgehead atoms. The monoisotopic (exact) mass is 410 g/mol. The summed E-state index contributed by atoms with van der Waals surface area (Å²) in [6, 6.07) is 11.7. The Labute approximate surface area is 163 Å². The first-order valence-corrected chi connectivity index (χ1v) is 8.39. The molecular weight excluding hydrogens is 393 g/mol. The molecule has 2 aromatic rings. The molecule has 154 valence electrons. The van der Waals surface area contributed by atoms with E-state index in [1.54, 1.807) is 18.3 Å². The summed E-state index contributed by atoms with van der Waals surface area (Å²) in [6.07, 6.45) is -5.83. The number of carbonyl (C=O) groups is 3. The Bertz CT molecular complexity index is 882. The van der Waals surface area contributed by atoms with Crippen molar-refractivity contribution in [3.63, 3.8) is 0 Å². The highest BCUT2D eigenvalue weighted by atomic mass is 19.4. The van der Waals surface area contributed by atoms with Gasteiger partial charge in [0.2, 0.25) is 0 Å². The van der Waals surface area contributed by atoms with Crippen molar-refractivity contribution < 1.29 is 37.0 Å². The summed E-state index contributed by atoms with van der Waals surface area (Å²) in [5, 5.41) is 4.34. The topological polar surface area (TPSA) is 93.7 Å². The second-order valence-electron chi connectivity index (χ2n) is 5.64. The molecule has 0 atom stereocenters. The van der Waals surface area contributed by atoms with Crippen molar-refractivity contribution >= 4 is 23.7 Å². The van der Waals surface area contributed by atoms with Crippen LogP contribution in [-0.4, -0.2) is 30.8 Å². The summed E-state index contributed by atoms with van der Waals surface area (Å²) in [6.45, 7) is 1.45. The van der Waals surface area contributed by atoms with E-state index >= 15 is 0 Å². The van der Waals surface area contributed by atoms with E-state index in [1.165, 1.54) is 42.5 Å². The molecule has 0 saturated heterocycles. The van der Waals surface area contributed by atoms with Crippen LogP contribution in [0.25, 0.3) is 0 Å². The molecule has 0 fully saturated rings. The maximum Gasteiger partial charge on any atom is 0.513 e. The number of anilines is 1. The van der Waals surface area contributed by atoms with E-state index in [0.717, 1.165) is 0 Å². The zero-order valence-electron chi connectivity index (χ0n) is 15.2. The Morgan fingerprint density at radius 1 is 1.03 bits per heavy atom. The van der Waals surface area contributed by atoms with Gasteiger partial charge in [0.1, 0.15) is 5.75 Å². The standard InChI is InChI=1S/C19H17F3N2O5/c1-2-28-18(27)29-15-8-6-13(7-9-15)16(25)24-14-5-3-4-12(10-14)11-23-17(26)19(20,21)22/h3-10H,2,11H2,1H3,(H,23,26)(H,24,25). The number of carbonyl (C=O) groups excluding carboxylic acids is 3. The van der Waals surface area contributed by atoms with Crippen LogP contribution in [0.4, 0.5) is 23.7 Å². The first-order chi connectivity index (χ1) is 13.7. The van der Waals surface area contributed by atoms with Gasteiger partial charge in [-0.25, -0.2) is 4.79 Å². The largest absolute Gasteiger partial charge is 0.513 e. The molecule has 2 aromatic carbocycles. The maximum absolute atomic E-state index is 12.3. The summed E-state index contributed by atoms with van der Waals surface area (Å²) in [4.78, 5) is 34.4. The molecule has 0 aliphatic carbocycles. The highest BCUT2D eigenvalue weighted by molar-refractivity contribution is 6.04. The van der Waals surface area contributed by atoms with Gasteiger partial charge in [-0.15, -0.1) is 0 Å².